The second-order valence-corrected chi connectivity index (χ2v) is 6.60. The Morgan fingerprint density at radius 2 is 2.06 bits per heavy atom. The van der Waals surface area contributed by atoms with Gasteiger partial charge in [0.1, 0.15) is 0 Å². The summed E-state index contributed by atoms with van der Waals surface area (Å²) < 4.78 is 1.22. The molecule has 0 bridgehead atoms. The van der Waals surface area contributed by atoms with Crippen LogP contribution in [0.25, 0.3) is 0 Å². The van der Waals surface area contributed by atoms with Crippen molar-refractivity contribution in [2.45, 2.75) is 50.7 Å². The molecule has 2 nitrogen and oxygen atoms in total. The van der Waals surface area contributed by atoms with Gasteiger partial charge in [-0.05, 0) is 56.3 Å². The predicted molar refractivity (Wildman–Crippen MR) is 78.6 cm³/mol. The highest BCUT2D eigenvalue weighted by Crippen LogP contribution is 2.41. The topological polar surface area (TPSA) is 29.3 Å². The number of nitrogens with two attached hydrogens (primary N) is 1. The predicted octanol–water partition coefficient (Wildman–Crippen LogP) is 3.38. The normalized spacial score (nSPS) is 29.5. The summed E-state index contributed by atoms with van der Waals surface area (Å²) in [4.78, 5) is 2.64. The zero-order valence-corrected chi connectivity index (χ0v) is 12.5. The van der Waals surface area contributed by atoms with Crippen molar-refractivity contribution >= 4 is 15.9 Å². The molecule has 1 heterocycles. The molecule has 0 radical (unpaired) electrons. The van der Waals surface area contributed by atoms with Crippen LogP contribution in [-0.4, -0.2) is 23.5 Å². The first-order valence-electron chi connectivity index (χ1n) is 6.94. The molecular weight excluding hydrogens is 288 g/mol. The van der Waals surface area contributed by atoms with E-state index in [4.69, 9.17) is 5.73 Å². The van der Waals surface area contributed by atoms with Gasteiger partial charge in [0.25, 0.3) is 0 Å². The van der Waals surface area contributed by atoms with Crippen LogP contribution < -0.4 is 5.73 Å². The van der Waals surface area contributed by atoms with Crippen LogP contribution in [-0.2, 0) is 0 Å². The van der Waals surface area contributed by atoms with Crippen molar-refractivity contribution in [2.75, 3.05) is 6.54 Å². The maximum absolute atomic E-state index is 6.41. The van der Waals surface area contributed by atoms with Crippen molar-refractivity contribution in [3.8, 4) is 0 Å². The van der Waals surface area contributed by atoms with E-state index in [1.807, 2.05) is 0 Å². The first kappa shape index (κ1) is 12.6. The number of hydrogen-bond acceptors (Lipinski definition) is 2. The summed E-state index contributed by atoms with van der Waals surface area (Å²) in [7, 11) is 0. The van der Waals surface area contributed by atoms with Gasteiger partial charge in [-0.25, -0.2) is 0 Å². The average Bonchev–Trinajstić information content (AvgIpc) is 3.14. The van der Waals surface area contributed by atoms with Gasteiger partial charge in [0, 0.05) is 16.6 Å². The number of hydrogen-bond donors (Lipinski definition) is 1. The van der Waals surface area contributed by atoms with E-state index in [1.165, 1.54) is 41.4 Å². The molecule has 1 aromatic rings. The van der Waals surface area contributed by atoms with Gasteiger partial charge in [-0.2, -0.15) is 0 Å². The minimum Gasteiger partial charge on any atom is -0.326 e. The van der Waals surface area contributed by atoms with E-state index in [0.717, 1.165) is 12.5 Å². The number of likely N-dealkylation sites (tertiary alicyclic amines) is 1. The minimum absolute atomic E-state index is 0.276. The Labute approximate surface area is 118 Å². The van der Waals surface area contributed by atoms with Crippen molar-refractivity contribution in [1.82, 2.24) is 4.90 Å². The Balaban J connectivity index is 1.94. The van der Waals surface area contributed by atoms with Crippen molar-refractivity contribution in [3.05, 3.63) is 33.8 Å². The molecule has 2 fully saturated rings. The fourth-order valence-electron chi connectivity index (χ4n) is 3.15. The van der Waals surface area contributed by atoms with Gasteiger partial charge < -0.3 is 5.73 Å². The molecule has 0 amide bonds. The third-order valence-corrected chi connectivity index (χ3v) is 4.89. The number of aryl methyl sites for hydroxylation is 1. The van der Waals surface area contributed by atoms with E-state index in [1.54, 1.807) is 0 Å². The van der Waals surface area contributed by atoms with Crippen molar-refractivity contribution in [2.24, 2.45) is 5.73 Å². The molecule has 3 heteroatoms. The lowest BCUT2D eigenvalue weighted by Crippen LogP contribution is -2.46. The van der Waals surface area contributed by atoms with E-state index < -0.39 is 0 Å². The number of piperidine rings is 1. The summed E-state index contributed by atoms with van der Waals surface area (Å²) in [6, 6.07) is 8.13. The average molecular weight is 309 g/mol. The summed E-state index contributed by atoms with van der Waals surface area (Å²) in [5.41, 5.74) is 9.09. The van der Waals surface area contributed by atoms with Crippen molar-refractivity contribution in [3.63, 3.8) is 0 Å². The van der Waals surface area contributed by atoms with E-state index >= 15 is 0 Å². The number of halogens is 1. The zero-order valence-electron chi connectivity index (χ0n) is 10.9. The third kappa shape index (κ3) is 2.36. The van der Waals surface area contributed by atoms with E-state index in [2.05, 4.69) is 46.0 Å². The molecule has 0 aromatic heterocycles. The van der Waals surface area contributed by atoms with Crippen LogP contribution in [0.4, 0.5) is 0 Å². The first-order valence-corrected chi connectivity index (χ1v) is 7.73. The largest absolute Gasteiger partial charge is 0.326 e. The molecule has 2 N–H and O–H groups in total. The van der Waals surface area contributed by atoms with Gasteiger partial charge in [0.15, 0.2) is 0 Å². The molecule has 98 valence electrons. The van der Waals surface area contributed by atoms with E-state index in [0.29, 0.717) is 6.04 Å². The maximum Gasteiger partial charge on any atom is 0.0513 e. The van der Waals surface area contributed by atoms with Crippen LogP contribution in [0.3, 0.4) is 0 Å². The standard InChI is InChI=1S/C15H21BrN2/c1-10-4-7-12(13(16)9-10)15-14(17)3-2-8-18(15)11-5-6-11/h4,7,9,11,14-15H,2-3,5-6,8,17H2,1H3. The molecular formula is C15H21BrN2. The monoisotopic (exact) mass is 308 g/mol. The summed E-state index contributed by atoms with van der Waals surface area (Å²) in [6.45, 7) is 3.34. The second kappa shape index (κ2) is 4.95. The van der Waals surface area contributed by atoms with Gasteiger partial charge in [-0.3, -0.25) is 4.90 Å². The number of nitrogens with zero attached hydrogens (tertiary/aromatic N) is 1. The second-order valence-electron chi connectivity index (χ2n) is 5.74. The Kier molecular flexibility index (Phi) is 3.48. The smallest absolute Gasteiger partial charge is 0.0513 e. The van der Waals surface area contributed by atoms with E-state index in [-0.39, 0.29) is 6.04 Å². The molecule has 18 heavy (non-hydrogen) atoms. The Bertz CT molecular complexity index is 442. The Morgan fingerprint density at radius 1 is 1.28 bits per heavy atom. The Hall–Kier alpha value is -0.380. The number of benzene rings is 1. The van der Waals surface area contributed by atoms with Gasteiger partial charge in [-0.15, -0.1) is 0 Å². The third-order valence-electron chi connectivity index (χ3n) is 4.21. The molecule has 1 aliphatic heterocycles. The van der Waals surface area contributed by atoms with Gasteiger partial charge >= 0.3 is 0 Å². The molecule has 0 spiro atoms. The molecule has 1 saturated carbocycles. The number of rotatable bonds is 2. The molecule has 1 aromatic carbocycles. The van der Waals surface area contributed by atoms with Crippen molar-refractivity contribution < 1.29 is 0 Å². The Morgan fingerprint density at radius 3 is 2.72 bits per heavy atom. The van der Waals surface area contributed by atoms with E-state index in [9.17, 15) is 0 Å². The van der Waals surface area contributed by atoms with Gasteiger partial charge in [-0.1, -0.05) is 28.1 Å². The summed E-state index contributed by atoms with van der Waals surface area (Å²) in [5.74, 6) is 0. The molecule has 2 atom stereocenters. The zero-order chi connectivity index (χ0) is 12.7. The van der Waals surface area contributed by atoms with Crippen molar-refractivity contribution in [1.29, 1.82) is 0 Å². The lowest BCUT2D eigenvalue weighted by molar-refractivity contribution is 0.119. The van der Waals surface area contributed by atoms with Crippen LogP contribution in [0.5, 0.6) is 0 Å². The molecule has 1 saturated heterocycles. The maximum atomic E-state index is 6.41. The SMILES string of the molecule is Cc1ccc(C2C(N)CCCN2C2CC2)c(Br)c1. The molecule has 2 aliphatic rings. The highest BCUT2D eigenvalue weighted by atomic mass is 79.9. The quantitative estimate of drug-likeness (QED) is 0.907. The van der Waals surface area contributed by atoms with Crippen LogP contribution in [0.2, 0.25) is 0 Å². The molecule has 3 rings (SSSR count). The van der Waals surface area contributed by atoms with Gasteiger partial charge in [0.2, 0.25) is 0 Å². The lowest BCUT2D eigenvalue weighted by Gasteiger charge is -2.40. The highest BCUT2D eigenvalue weighted by molar-refractivity contribution is 9.10. The minimum atomic E-state index is 0.276. The summed E-state index contributed by atoms with van der Waals surface area (Å²) in [6.07, 6.45) is 5.10. The fourth-order valence-corrected chi connectivity index (χ4v) is 3.88. The van der Waals surface area contributed by atoms with Crippen LogP contribution in [0, 0.1) is 6.92 Å². The van der Waals surface area contributed by atoms with Crippen LogP contribution >= 0.6 is 15.9 Å². The summed E-state index contributed by atoms with van der Waals surface area (Å²) in [5, 5.41) is 0. The fraction of sp³-hybridized carbons (Fsp3) is 0.600. The summed E-state index contributed by atoms with van der Waals surface area (Å²) >= 11 is 3.72. The van der Waals surface area contributed by atoms with Crippen LogP contribution in [0.1, 0.15) is 42.9 Å². The molecule has 2 unspecified atom stereocenters. The van der Waals surface area contributed by atoms with Gasteiger partial charge in [0.05, 0.1) is 6.04 Å². The highest BCUT2D eigenvalue weighted by Gasteiger charge is 2.39. The molecule has 1 aliphatic carbocycles. The first-order chi connectivity index (χ1) is 8.66. The van der Waals surface area contributed by atoms with Crippen LogP contribution in [0.15, 0.2) is 22.7 Å². The lowest BCUT2D eigenvalue weighted by atomic mass is 9.90.